The van der Waals surface area contributed by atoms with E-state index < -0.39 is 0 Å². The number of hydrogen-bond acceptors (Lipinski definition) is 3. The highest BCUT2D eigenvalue weighted by atomic mass is 16.5. The zero-order valence-electron chi connectivity index (χ0n) is 18.2. The summed E-state index contributed by atoms with van der Waals surface area (Å²) in [5.41, 5.74) is 8.15. The molecule has 0 saturated heterocycles. The van der Waals surface area contributed by atoms with Crippen LogP contribution in [0.3, 0.4) is 0 Å². The molecule has 3 heteroatoms. The van der Waals surface area contributed by atoms with Crippen molar-refractivity contribution in [2.24, 2.45) is 0 Å². The summed E-state index contributed by atoms with van der Waals surface area (Å²) >= 11 is 0. The highest BCUT2D eigenvalue weighted by Crippen LogP contribution is 2.42. The Morgan fingerprint density at radius 1 is 0.833 bits per heavy atom. The van der Waals surface area contributed by atoms with Crippen LogP contribution in [0.25, 0.3) is 16.7 Å². The summed E-state index contributed by atoms with van der Waals surface area (Å²) in [5.74, 6) is 0.868. The molecule has 0 fully saturated rings. The SMILES string of the molecule is COc1ccccc1-c1ccc2c(c1COCc1ccccc1)C(C)=CC(C)(C)N2. The molecule has 0 amide bonds. The number of ether oxygens (including phenoxy) is 2. The largest absolute Gasteiger partial charge is 0.496 e. The number of para-hydroxylation sites is 1. The van der Waals surface area contributed by atoms with E-state index in [0.29, 0.717) is 13.2 Å². The van der Waals surface area contributed by atoms with E-state index in [-0.39, 0.29) is 5.54 Å². The average Bonchev–Trinajstić information content (AvgIpc) is 2.73. The topological polar surface area (TPSA) is 30.5 Å². The molecule has 3 nitrogen and oxygen atoms in total. The number of hydrogen-bond donors (Lipinski definition) is 1. The highest BCUT2D eigenvalue weighted by Gasteiger charge is 2.26. The molecule has 1 aliphatic rings. The smallest absolute Gasteiger partial charge is 0.126 e. The Balaban J connectivity index is 1.78. The van der Waals surface area contributed by atoms with Crippen LogP contribution in [-0.2, 0) is 18.0 Å². The fourth-order valence-corrected chi connectivity index (χ4v) is 4.31. The second-order valence-electron chi connectivity index (χ2n) is 8.37. The van der Waals surface area contributed by atoms with Gasteiger partial charge >= 0.3 is 0 Å². The molecule has 0 saturated carbocycles. The summed E-state index contributed by atoms with van der Waals surface area (Å²) in [6.45, 7) is 7.68. The van der Waals surface area contributed by atoms with Crippen molar-refractivity contribution >= 4 is 11.3 Å². The Morgan fingerprint density at radius 3 is 2.33 bits per heavy atom. The first-order valence-corrected chi connectivity index (χ1v) is 10.4. The molecular formula is C27H29NO2. The maximum Gasteiger partial charge on any atom is 0.126 e. The molecule has 154 valence electrons. The van der Waals surface area contributed by atoms with Crippen LogP contribution in [0.15, 0.2) is 72.8 Å². The molecule has 1 heterocycles. The lowest BCUT2D eigenvalue weighted by atomic mass is 9.85. The van der Waals surface area contributed by atoms with Gasteiger partial charge in [-0.2, -0.15) is 0 Å². The molecular weight excluding hydrogens is 370 g/mol. The van der Waals surface area contributed by atoms with E-state index in [2.05, 4.69) is 68.6 Å². The van der Waals surface area contributed by atoms with Crippen LogP contribution in [-0.4, -0.2) is 12.6 Å². The predicted octanol–water partition coefficient (Wildman–Crippen LogP) is 6.69. The van der Waals surface area contributed by atoms with Gasteiger partial charge in [-0.3, -0.25) is 0 Å². The second-order valence-corrected chi connectivity index (χ2v) is 8.37. The first-order valence-electron chi connectivity index (χ1n) is 10.4. The number of anilines is 1. The molecule has 0 radical (unpaired) electrons. The monoisotopic (exact) mass is 399 g/mol. The number of nitrogens with one attached hydrogen (secondary N) is 1. The van der Waals surface area contributed by atoms with Crippen LogP contribution in [0, 0.1) is 0 Å². The van der Waals surface area contributed by atoms with Crippen molar-refractivity contribution in [3.63, 3.8) is 0 Å². The van der Waals surface area contributed by atoms with Gasteiger partial charge in [-0.25, -0.2) is 0 Å². The van der Waals surface area contributed by atoms with Crippen LogP contribution >= 0.6 is 0 Å². The normalized spacial score (nSPS) is 14.5. The van der Waals surface area contributed by atoms with Gasteiger partial charge in [-0.05, 0) is 55.2 Å². The first-order chi connectivity index (χ1) is 14.5. The van der Waals surface area contributed by atoms with Gasteiger partial charge in [0.1, 0.15) is 5.75 Å². The quantitative estimate of drug-likeness (QED) is 0.501. The summed E-state index contributed by atoms with van der Waals surface area (Å²) in [6.07, 6.45) is 2.29. The Labute approximate surface area is 179 Å². The Kier molecular flexibility index (Phi) is 5.65. The van der Waals surface area contributed by atoms with Gasteiger partial charge in [-0.15, -0.1) is 0 Å². The summed E-state index contributed by atoms with van der Waals surface area (Å²) in [6, 6.07) is 22.8. The van der Waals surface area contributed by atoms with Crippen molar-refractivity contribution in [3.8, 4) is 16.9 Å². The van der Waals surface area contributed by atoms with Gasteiger partial charge in [0.15, 0.2) is 0 Å². The van der Waals surface area contributed by atoms with Gasteiger partial charge in [0, 0.05) is 16.8 Å². The number of allylic oxidation sites excluding steroid dienone is 1. The Hall–Kier alpha value is -3.04. The van der Waals surface area contributed by atoms with Crippen molar-refractivity contribution in [1.29, 1.82) is 0 Å². The molecule has 0 unspecified atom stereocenters. The minimum Gasteiger partial charge on any atom is -0.496 e. The van der Waals surface area contributed by atoms with Crippen LogP contribution in [0.5, 0.6) is 5.75 Å². The lowest BCUT2D eigenvalue weighted by Gasteiger charge is -2.33. The van der Waals surface area contributed by atoms with Gasteiger partial charge in [0.25, 0.3) is 0 Å². The van der Waals surface area contributed by atoms with E-state index in [4.69, 9.17) is 9.47 Å². The van der Waals surface area contributed by atoms with Gasteiger partial charge in [-0.1, -0.05) is 60.7 Å². The number of rotatable bonds is 6. The molecule has 0 spiro atoms. The Bertz CT molecular complexity index is 1070. The molecule has 4 rings (SSSR count). The second kappa shape index (κ2) is 8.37. The third kappa shape index (κ3) is 4.12. The van der Waals surface area contributed by atoms with E-state index >= 15 is 0 Å². The standard InChI is InChI=1S/C27H29NO2/c1-19-16-27(2,3)28-24-15-14-21(22-12-8-9-13-25(22)29-4)23(26(19)24)18-30-17-20-10-6-5-7-11-20/h5-16,28H,17-18H2,1-4H3. The van der Waals surface area contributed by atoms with Crippen molar-refractivity contribution in [3.05, 3.63) is 89.5 Å². The van der Waals surface area contributed by atoms with E-state index in [9.17, 15) is 0 Å². The average molecular weight is 400 g/mol. The lowest BCUT2D eigenvalue weighted by molar-refractivity contribution is 0.107. The van der Waals surface area contributed by atoms with Crippen LogP contribution in [0.2, 0.25) is 0 Å². The summed E-state index contributed by atoms with van der Waals surface area (Å²) in [5, 5.41) is 3.66. The van der Waals surface area contributed by atoms with Crippen LogP contribution < -0.4 is 10.1 Å². The molecule has 0 bridgehead atoms. The Morgan fingerprint density at radius 2 is 1.57 bits per heavy atom. The lowest BCUT2D eigenvalue weighted by Crippen LogP contribution is -2.32. The van der Waals surface area contributed by atoms with E-state index in [0.717, 1.165) is 22.6 Å². The maximum absolute atomic E-state index is 6.21. The van der Waals surface area contributed by atoms with Gasteiger partial charge < -0.3 is 14.8 Å². The molecule has 3 aromatic carbocycles. The molecule has 0 aliphatic carbocycles. The summed E-state index contributed by atoms with van der Waals surface area (Å²) in [4.78, 5) is 0. The number of benzene rings is 3. The van der Waals surface area contributed by atoms with Crippen molar-refractivity contribution < 1.29 is 9.47 Å². The molecule has 0 aromatic heterocycles. The molecule has 3 aromatic rings. The highest BCUT2D eigenvalue weighted by molar-refractivity contribution is 5.88. The number of fused-ring (bicyclic) bond motifs is 1. The van der Waals surface area contributed by atoms with Crippen LogP contribution in [0.1, 0.15) is 37.5 Å². The fourth-order valence-electron chi connectivity index (χ4n) is 4.31. The van der Waals surface area contributed by atoms with Crippen LogP contribution in [0.4, 0.5) is 5.69 Å². The zero-order valence-corrected chi connectivity index (χ0v) is 18.2. The predicted molar refractivity (Wildman–Crippen MR) is 125 cm³/mol. The fraction of sp³-hybridized carbons (Fsp3) is 0.259. The van der Waals surface area contributed by atoms with Gasteiger partial charge in [0.2, 0.25) is 0 Å². The minimum absolute atomic E-state index is 0.0782. The van der Waals surface area contributed by atoms with Crippen molar-refractivity contribution in [2.45, 2.75) is 39.5 Å². The maximum atomic E-state index is 6.21. The van der Waals surface area contributed by atoms with E-state index in [1.165, 1.54) is 22.3 Å². The first kappa shape index (κ1) is 20.2. The third-order valence-electron chi connectivity index (χ3n) is 5.50. The van der Waals surface area contributed by atoms with Gasteiger partial charge in [0.05, 0.1) is 25.9 Å². The zero-order chi connectivity index (χ0) is 21.1. The summed E-state index contributed by atoms with van der Waals surface area (Å²) < 4.78 is 11.9. The molecule has 0 atom stereocenters. The molecule has 1 N–H and O–H groups in total. The van der Waals surface area contributed by atoms with E-state index in [1.54, 1.807) is 7.11 Å². The van der Waals surface area contributed by atoms with E-state index in [1.807, 2.05) is 30.3 Å². The minimum atomic E-state index is -0.0782. The number of methoxy groups -OCH3 is 1. The molecule has 1 aliphatic heterocycles. The van der Waals surface area contributed by atoms with Crippen molar-refractivity contribution in [2.75, 3.05) is 12.4 Å². The molecule has 30 heavy (non-hydrogen) atoms. The third-order valence-corrected chi connectivity index (χ3v) is 5.50. The summed E-state index contributed by atoms with van der Waals surface area (Å²) in [7, 11) is 1.72. The van der Waals surface area contributed by atoms with Crippen molar-refractivity contribution in [1.82, 2.24) is 0 Å².